The number of rotatable bonds is 6. The van der Waals surface area contributed by atoms with E-state index >= 15 is 0 Å². The minimum Gasteiger partial charge on any atom is -0.303 e. The molecule has 0 spiro atoms. The first-order chi connectivity index (χ1) is 15.2. The highest BCUT2D eigenvalue weighted by Gasteiger charge is 2.27. The lowest BCUT2D eigenvalue weighted by Crippen LogP contribution is -2.49. The molecule has 31 heavy (non-hydrogen) atoms. The third-order valence-corrected chi connectivity index (χ3v) is 7.47. The van der Waals surface area contributed by atoms with Crippen LogP contribution in [0.5, 0.6) is 0 Å². The minimum atomic E-state index is -0.360. The topological polar surface area (TPSA) is 70.0 Å². The van der Waals surface area contributed by atoms with Crippen LogP contribution in [0.1, 0.15) is 56.9 Å². The molecule has 0 atom stereocenters. The van der Waals surface area contributed by atoms with E-state index in [0.717, 1.165) is 23.5 Å². The number of amides is 3. The van der Waals surface area contributed by atoms with Gasteiger partial charge in [-0.05, 0) is 74.8 Å². The van der Waals surface area contributed by atoms with E-state index in [9.17, 15) is 9.59 Å². The molecular formula is C24H33N5O2. The van der Waals surface area contributed by atoms with Gasteiger partial charge < -0.3 is 4.90 Å². The Balaban J connectivity index is 1.19. The van der Waals surface area contributed by atoms with Gasteiger partial charge in [0.15, 0.2) is 0 Å². The Morgan fingerprint density at radius 1 is 1.03 bits per heavy atom. The highest BCUT2D eigenvalue weighted by Crippen LogP contribution is 2.29. The first-order valence-electron chi connectivity index (χ1n) is 12.0. The van der Waals surface area contributed by atoms with E-state index in [4.69, 9.17) is 0 Å². The third kappa shape index (κ3) is 4.61. The fourth-order valence-electron chi connectivity index (χ4n) is 5.55. The Kier molecular flexibility index (Phi) is 5.94. The molecule has 0 unspecified atom stereocenters. The van der Waals surface area contributed by atoms with E-state index in [1.807, 2.05) is 10.7 Å². The number of nitrogens with zero attached hydrogens (tertiary/aromatic N) is 4. The predicted octanol–water partition coefficient (Wildman–Crippen LogP) is 3.62. The Hall–Kier alpha value is -2.41. The summed E-state index contributed by atoms with van der Waals surface area (Å²) in [5.74, 6) is 1.48. The monoisotopic (exact) mass is 423 g/mol. The fraction of sp³-hybridized carbons (Fsp3) is 0.625. The average molecular weight is 424 g/mol. The molecule has 1 aliphatic carbocycles. The zero-order valence-corrected chi connectivity index (χ0v) is 18.3. The molecule has 2 aromatic heterocycles. The van der Waals surface area contributed by atoms with Crippen molar-refractivity contribution < 1.29 is 9.59 Å². The molecule has 4 heterocycles. The van der Waals surface area contributed by atoms with Gasteiger partial charge >= 0.3 is 6.03 Å². The Morgan fingerprint density at radius 3 is 2.61 bits per heavy atom. The maximum Gasteiger partial charge on any atom is 0.328 e. The van der Waals surface area contributed by atoms with Gasteiger partial charge in [-0.3, -0.25) is 15.0 Å². The van der Waals surface area contributed by atoms with Crippen LogP contribution in [-0.4, -0.2) is 52.6 Å². The third-order valence-electron chi connectivity index (χ3n) is 7.47. The van der Waals surface area contributed by atoms with Gasteiger partial charge in [0.05, 0.1) is 17.4 Å². The van der Waals surface area contributed by atoms with Gasteiger partial charge in [0.1, 0.15) is 0 Å². The van der Waals surface area contributed by atoms with Crippen molar-refractivity contribution in [3.8, 4) is 0 Å². The van der Waals surface area contributed by atoms with Crippen LogP contribution in [0.25, 0.3) is 5.52 Å². The lowest BCUT2D eigenvalue weighted by molar-refractivity contribution is -0.120. The summed E-state index contributed by atoms with van der Waals surface area (Å²) in [6, 6.07) is 3.95. The van der Waals surface area contributed by atoms with Crippen LogP contribution in [0.2, 0.25) is 0 Å². The Labute approximate surface area is 183 Å². The number of likely N-dealkylation sites (tertiary alicyclic amines) is 1. The quantitative estimate of drug-likeness (QED) is 0.771. The molecule has 2 aliphatic heterocycles. The lowest BCUT2D eigenvalue weighted by Gasteiger charge is -2.32. The van der Waals surface area contributed by atoms with Gasteiger partial charge in [0, 0.05) is 19.2 Å². The van der Waals surface area contributed by atoms with Gasteiger partial charge in [-0.2, -0.15) is 5.10 Å². The van der Waals surface area contributed by atoms with Crippen molar-refractivity contribution in [3.63, 3.8) is 0 Å². The van der Waals surface area contributed by atoms with Crippen molar-refractivity contribution in [1.82, 2.24) is 19.8 Å². The maximum atomic E-state index is 12.3. The van der Waals surface area contributed by atoms with Crippen LogP contribution in [0, 0.1) is 11.8 Å². The molecule has 3 fully saturated rings. The summed E-state index contributed by atoms with van der Waals surface area (Å²) in [6.07, 6.45) is 14.8. The summed E-state index contributed by atoms with van der Waals surface area (Å²) in [5, 5.41) is 6.80. The second-order valence-corrected chi connectivity index (χ2v) is 9.58. The van der Waals surface area contributed by atoms with Crippen molar-refractivity contribution in [2.75, 3.05) is 31.1 Å². The maximum absolute atomic E-state index is 12.3. The molecule has 2 aromatic rings. The summed E-state index contributed by atoms with van der Waals surface area (Å²) in [4.78, 5) is 28.0. The molecule has 0 aromatic carbocycles. The molecule has 0 bridgehead atoms. The number of nitrogens with one attached hydrogen (secondary N) is 1. The van der Waals surface area contributed by atoms with Crippen LogP contribution in [0.3, 0.4) is 0 Å². The summed E-state index contributed by atoms with van der Waals surface area (Å²) in [5.41, 5.74) is 3.00. The summed E-state index contributed by atoms with van der Waals surface area (Å²) < 4.78 is 1.81. The molecule has 0 radical (unpaired) electrons. The number of urea groups is 1. The summed E-state index contributed by atoms with van der Waals surface area (Å²) in [7, 11) is 0. The molecule has 1 N–H and O–H groups in total. The molecule has 2 saturated heterocycles. The number of hydrogen-bond acceptors (Lipinski definition) is 4. The number of imide groups is 1. The molecule has 3 aliphatic rings. The number of carbonyl (C=O) groups is 2. The van der Waals surface area contributed by atoms with Crippen LogP contribution in [-0.2, 0) is 11.2 Å². The van der Waals surface area contributed by atoms with E-state index < -0.39 is 0 Å². The first-order valence-corrected chi connectivity index (χ1v) is 12.0. The number of aromatic nitrogens is 2. The molecule has 7 nitrogen and oxygen atoms in total. The van der Waals surface area contributed by atoms with E-state index in [-0.39, 0.29) is 11.9 Å². The standard InChI is InChI=1S/C24H33N5O2/c30-23-9-13-28(24(31)26-23)22-17-25-29-14-8-20(16-21(22)29)15-19-6-11-27(12-7-19)10-5-18-3-1-2-4-18/h8,14,16-19H,1-7,9-13,15H2,(H,26,30,31). The van der Waals surface area contributed by atoms with E-state index in [2.05, 4.69) is 27.4 Å². The minimum absolute atomic E-state index is 0.215. The molecular weight excluding hydrogens is 390 g/mol. The highest BCUT2D eigenvalue weighted by molar-refractivity contribution is 6.07. The van der Waals surface area contributed by atoms with Gasteiger partial charge in [0.25, 0.3) is 0 Å². The predicted molar refractivity (Wildman–Crippen MR) is 120 cm³/mol. The first kappa shape index (κ1) is 20.5. The molecule has 5 rings (SSSR count). The Bertz CT molecular complexity index is 941. The van der Waals surface area contributed by atoms with Crippen molar-refractivity contribution in [2.24, 2.45) is 11.8 Å². The molecule has 3 amide bonds. The lowest BCUT2D eigenvalue weighted by atomic mass is 9.90. The van der Waals surface area contributed by atoms with Gasteiger partial charge in [-0.25, -0.2) is 9.31 Å². The normalized spacial score (nSPS) is 21.9. The smallest absolute Gasteiger partial charge is 0.303 e. The number of piperidine rings is 1. The van der Waals surface area contributed by atoms with E-state index in [1.54, 1.807) is 11.1 Å². The molecule has 166 valence electrons. The Morgan fingerprint density at radius 2 is 1.84 bits per heavy atom. The van der Waals surface area contributed by atoms with Crippen molar-refractivity contribution >= 4 is 23.1 Å². The zero-order chi connectivity index (χ0) is 21.2. The summed E-state index contributed by atoms with van der Waals surface area (Å²) >= 11 is 0. The second kappa shape index (κ2) is 8.99. The van der Waals surface area contributed by atoms with E-state index in [1.165, 1.54) is 70.1 Å². The van der Waals surface area contributed by atoms with Gasteiger partial charge in [-0.1, -0.05) is 25.7 Å². The highest BCUT2D eigenvalue weighted by atomic mass is 16.2. The number of anilines is 1. The van der Waals surface area contributed by atoms with Crippen LogP contribution in [0.4, 0.5) is 10.5 Å². The largest absolute Gasteiger partial charge is 0.328 e. The molecule has 7 heteroatoms. The van der Waals surface area contributed by atoms with Crippen LogP contribution in [0.15, 0.2) is 24.5 Å². The van der Waals surface area contributed by atoms with Crippen molar-refractivity contribution in [1.29, 1.82) is 0 Å². The SMILES string of the molecule is O=C1CCN(c2cnn3ccc(CC4CCN(CCC5CCCC5)CC4)cc23)C(=O)N1. The summed E-state index contributed by atoms with van der Waals surface area (Å²) in [6.45, 7) is 4.12. The van der Waals surface area contributed by atoms with Gasteiger partial charge in [0.2, 0.25) is 5.91 Å². The number of carbonyl (C=O) groups excluding carboxylic acids is 2. The molecule has 1 saturated carbocycles. The van der Waals surface area contributed by atoms with E-state index in [0.29, 0.717) is 18.9 Å². The average Bonchev–Trinajstić information content (AvgIpc) is 3.43. The van der Waals surface area contributed by atoms with Crippen LogP contribution < -0.4 is 10.2 Å². The fourth-order valence-corrected chi connectivity index (χ4v) is 5.55. The number of fused-ring (bicyclic) bond motifs is 1. The second-order valence-electron chi connectivity index (χ2n) is 9.58. The number of hydrogen-bond donors (Lipinski definition) is 1. The van der Waals surface area contributed by atoms with Gasteiger partial charge in [-0.15, -0.1) is 0 Å². The van der Waals surface area contributed by atoms with Crippen LogP contribution >= 0.6 is 0 Å². The number of pyridine rings is 1. The zero-order valence-electron chi connectivity index (χ0n) is 18.3. The van der Waals surface area contributed by atoms with Crippen molar-refractivity contribution in [2.45, 2.75) is 57.8 Å². The van der Waals surface area contributed by atoms with Crippen molar-refractivity contribution in [3.05, 3.63) is 30.1 Å².